The van der Waals surface area contributed by atoms with E-state index in [4.69, 9.17) is 4.74 Å². The molecule has 2 amide bonds. The molecule has 0 fully saturated rings. The van der Waals surface area contributed by atoms with Crippen LogP contribution in [0.5, 0.6) is 5.75 Å². The molecule has 0 spiro atoms. The second-order valence-corrected chi connectivity index (χ2v) is 12.2. The van der Waals surface area contributed by atoms with Gasteiger partial charge in [0.2, 0.25) is 15.9 Å². The van der Waals surface area contributed by atoms with Gasteiger partial charge < -0.3 is 15.0 Å². The van der Waals surface area contributed by atoms with Gasteiger partial charge in [0.1, 0.15) is 12.3 Å². The molecule has 2 rings (SSSR count). The van der Waals surface area contributed by atoms with Gasteiger partial charge in [-0.15, -0.1) is 0 Å². The Morgan fingerprint density at radius 2 is 1.61 bits per heavy atom. The van der Waals surface area contributed by atoms with Gasteiger partial charge in [-0.3, -0.25) is 13.9 Å². The Bertz CT molecular complexity index is 1210. The van der Waals surface area contributed by atoms with Crippen molar-refractivity contribution in [2.45, 2.75) is 53.4 Å². The van der Waals surface area contributed by atoms with Gasteiger partial charge in [0.05, 0.1) is 18.6 Å². The Balaban J connectivity index is 2.51. The highest BCUT2D eigenvalue weighted by molar-refractivity contribution is 7.92. The zero-order valence-corrected chi connectivity index (χ0v) is 23.7. The zero-order chi connectivity index (χ0) is 27.4. The lowest BCUT2D eigenvalue weighted by molar-refractivity contribution is -0.114. The molecule has 198 valence electrons. The predicted octanol–water partition coefficient (Wildman–Crippen LogP) is 4.50. The van der Waals surface area contributed by atoms with Crippen molar-refractivity contribution in [3.8, 4) is 5.75 Å². The molecule has 0 heterocycles. The van der Waals surface area contributed by atoms with Crippen LogP contribution in [0, 0.1) is 13.8 Å². The molecular formula is C27H39N3O5S. The SMILES string of the molecule is CCCS(=O)(=O)N(CC(=O)Nc1cc(C(=O)N(C)C)ccc1C(C)(C)C)c1cc(C)c(OC)c(C)c1. The molecule has 8 nitrogen and oxygen atoms in total. The summed E-state index contributed by atoms with van der Waals surface area (Å²) in [6.45, 7) is 11.1. The Labute approximate surface area is 215 Å². The summed E-state index contributed by atoms with van der Waals surface area (Å²) in [7, 11) is 1.12. The molecule has 1 N–H and O–H groups in total. The molecule has 0 radical (unpaired) electrons. The van der Waals surface area contributed by atoms with E-state index in [0.717, 1.165) is 21.0 Å². The monoisotopic (exact) mass is 517 g/mol. The third-order valence-corrected chi connectivity index (χ3v) is 7.71. The van der Waals surface area contributed by atoms with Crippen molar-refractivity contribution >= 4 is 33.2 Å². The van der Waals surface area contributed by atoms with Crippen LogP contribution in [-0.2, 0) is 20.2 Å². The molecule has 36 heavy (non-hydrogen) atoms. The molecule has 0 bridgehead atoms. The van der Waals surface area contributed by atoms with Crippen molar-refractivity contribution in [3.05, 3.63) is 52.6 Å². The van der Waals surface area contributed by atoms with Crippen LogP contribution in [0.3, 0.4) is 0 Å². The Morgan fingerprint density at radius 1 is 1.03 bits per heavy atom. The first kappa shape index (κ1) is 29.2. The van der Waals surface area contributed by atoms with E-state index >= 15 is 0 Å². The topological polar surface area (TPSA) is 96.0 Å². The van der Waals surface area contributed by atoms with Crippen LogP contribution in [0.25, 0.3) is 0 Å². The normalized spacial score (nSPS) is 11.7. The number of methoxy groups -OCH3 is 1. The van der Waals surface area contributed by atoms with Crippen LogP contribution in [0.15, 0.2) is 30.3 Å². The number of carbonyl (C=O) groups excluding carboxylic acids is 2. The lowest BCUT2D eigenvalue weighted by Crippen LogP contribution is -2.39. The lowest BCUT2D eigenvalue weighted by Gasteiger charge is -2.27. The summed E-state index contributed by atoms with van der Waals surface area (Å²) in [6.07, 6.45) is 0.414. The molecule has 2 aromatic rings. The minimum Gasteiger partial charge on any atom is -0.496 e. The van der Waals surface area contributed by atoms with Gasteiger partial charge in [-0.1, -0.05) is 33.8 Å². The summed E-state index contributed by atoms with van der Waals surface area (Å²) in [5.74, 6) is -0.110. The molecule has 0 aromatic heterocycles. The molecule has 0 aliphatic heterocycles. The van der Waals surface area contributed by atoms with Crippen molar-refractivity contribution in [1.82, 2.24) is 4.90 Å². The summed E-state index contributed by atoms with van der Waals surface area (Å²) in [5.41, 5.74) is 3.38. The number of nitrogens with one attached hydrogen (secondary N) is 1. The van der Waals surface area contributed by atoms with Crippen molar-refractivity contribution in [2.75, 3.05) is 43.1 Å². The van der Waals surface area contributed by atoms with Crippen LogP contribution < -0.4 is 14.4 Å². The predicted molar refractivity (Wildman–Crippen MR) is 146 cm³/mol. The zero-order valence-electron chi connectivity index (χ0n) is 22.9. The average Bonchev–Trinajstić information content (AvgIpc) is 2.75. The molecular weight excluding hydrogens is 478 g/mol. The standard InChI is InChI=1S/C27H39N3O5S/c1-10-13-36(33,34)30(21-14-18(2)25(35-9)19(3)15-21)17-24(31)28-23-16-20(26(32)29(7)8)11-12-22(23)27(4,5)6/h11-12,14-16H,10,13,17H2,1-9H3,(H,28,31). The fourth-order valence-electron chi connectivity index (χ4n) is 4.12. The maximum absolute atomic E-state index is 13.3. The Hall–Kier alpha value is -3.07. The molecule has 0 aliphatic carbocycles. The third-order valence-electron chi connectivity index (χ3n) is 5.78. The van der Waals surface area contributed by atoms with E-state index in [9.17, 15) is 18.0 Å². The number of ether oxygens (including phenoxy) is 1. The van der Waals surface area contributed by atoms with Crippen LogP contribution >= 0.6 is 0 Å². The largest absolute Gasteiger partial charge is 0.496 e. The van der Waals surface area contributed by atoms with Crippen molar-refractivity contribution in [1.29, 1.82) is 0 Å². The van der Waals surface area contributed by atoms with Crippen molar-refractivity contribution in [3.63, 3.8) is 0 Å². The van der Waals surface area contributed by atoms with Crippen LogP contribution in [0.4, 0.5) is 11.4 Å². The molecule has 9 heteroatoms. The minimum absolute atomic E-state index is 0.0928. The van der Waals surface area contributed by atoms with E-state index in [1.54, 1.807) is 52.4 Å². The number of sulfonamides is 1. The van der Waals surface area contributed by atoms with Gasteiger partial charge in [-0.2, -0.15) is 0 Å². The number of hydrogen-bond acceptors (Lipinski definition) is 5. The van der Waals surface area contributed by atoms with Crippen molar-refractivity contribution < 1.29 is 22.7 Å². The summed E-state index contributed by atoms with van der Waals surface area (Å²) in [6, 6.07) is 8.63. The average molecular weight is 518 g/mol. The number of benzene rings is 2. The van der Waals surface area contributed by atoms with E-state index < -0.39 is 22.5 Å². The molecule has 0 atom stereocenters. The maximum atomic E-state index is 13.3. The Morgan fingerprint density at radius 3 is 2.08 bits per heavy atom. The second kappa shape index (κ2) is 11.3. The summed E-state index contributed by atoms with van der Waals surface area (Å²) in [4.78, 5) is 27.3. The van der Waals surface area contributed by atoms with Crippen LogP contribution in [0.2, 0.25) is 0 Å². The molecule has 2 aromatic carbocycles. The van der Waals surface area contributed by atoms with Gasteiger partial charge in [0, 0.05) is 25.3 Å². The molecule has 0 aliphatic rings. The first-order chi connectivity index (χ1) is 16.6. The van der Waals surface area contributed by atoms with E-state index in [0.29, 0.717) is 29.1 Å². The lowest BCUT2D eigenvalue weighted by atomic mass is 9.85. The summed E-state index contributed by atoms with van der Waals surface area (Å²) >= 11 is 0. The second-order valence-electron chi connectivity index (χ2n) is 10.2. The summed E-state index contributed by atoms with van der Waals surface area (Å²) in [5, 5.41) is 2.88. The molecule has 0 saturated heterocycles. The summed E-state index contributed by atoms with van der Waals surface area (Å²) < 4.78 is 33.0. The smallest absolute Gasteiger partial charge is 0.253 e. The van der Waals surface area contributed by atoms with Crippen LogP contribution in [0.1, 0.15) is 61.2 Å². The minimum atomic E-state index is -3.77. The third kappa shape index (κ3) is 6.78. The number of nitrogens with zero attached hydrogens (tertiary/aromatic N) is 2. The number of hydrogen-bond donors (Lipinski definition) is 1. The van der Waals surface area contributed by atoms with E-state index in [1.807, 2.05) is 40.7 Å². The maximum Gasteiger partial charge on any atom is 0.253 e. The Kier molecular flexibility index (Phi) is 9.18. The number of anilines is 2. The van der Waals surface area contributed by atoms with Gasteiger partial charge in [-0.05, 0) is 66.6 Å². The van der Waals surface area contributed by atoms with Gasteiger partial charge in [0.25, 0.3) is 5.91 Å². The first-order valence-corrected chi connectivity index (χ1v) is 13.5. The highest BCUT2D eigenvalue weighted by Crippen LogP contribution is 2.32. The number of amides is 2. The van der Waals surface area contributed by atoms with Gasteiger partial charge >= 0.3 is 0 Å². The highest BCUT2D eigenvalue weighted by Gasteiger charge is 2.27. The fraction of sp³-hybridized carbons (Fsp3) is 0.481. The fourth-order valence-corrected chi connectivity index (χ4v) is 5.60. The highest BCUT2D eigenvalue weighted by atomic mass is 32.2. The number of rotatable bonds is 9. The van der Waals surface area contributed by atoms with E-state index in [-0.39, 0.29) is 17.1 Å². The van der Waals surface area contributed by atoms with Gasteiger partial charge in [0.15, 0.2) is 0 Å². The van der Waals surface area contributed by atoms with E-state index in [1.165, 1.54) is 4.90 Å². The van der Waals surface area contributed by atoms with Crippen molar-refractivity contribution in [2.24, 2.45) is 0 Å². The number of aryl methyl sites for hydroxylation is 2. The van der Waals surface area contributed by atoms with Gasteiger partial charge in [-0.25, -0.2) is 8.42 Å². The van der Waals surface area contributed by atoms with Crippen LogP contribution in [-0.4, -0.2) is 58.6 Å². The first-order valence-electron chi connectivity index (χ1n) is 11.9. The quantitative estimate of drug-likeness (QED) is 0.529. The molecule has 0 saturated carbocycles. The molecule has 0 unspecified atom stereocenters. The number of carbonyl (C=O) groups is 2. The van der Waals surface area contributed by atoms with E-state index in [2.05, 4.69) is 5.32 Å².